The van der Waals surface area contributed by atoms with Crippen molar-refractivity contribution >= 4 is 5.78 Å². The minimum Gasteiger partial charge on any atom is -0.344 e. The Hall–Kier alpha value is -0.410. The number of ether oxygens (including phenoxy) is 2. The molecule has 1 rings (SSSR count). The highest BCUT2D eigenvalue weighted by Crippen LogP contribution is 2.34. The summed E-state index contributed by atoms with van der Waals surface area (Å²) in [5.74, 6) is 0.220. The molecule has 0 aromatic carbocycles. The first-order valence-corrected chi connectivity index (χ1v) is 5.60. The lowest BCUT2D eigenvalue weighted by molar-refractivity contribution is -0.156. The van der Waals surface area contributed by atoms with E-state index in [4.69, 9.17) is 9.47 Å². The molecule has 88 valence electrons. The maximum absolute atomic E-state index is 11.5. The number of carbonyl (C=O) groups is 1. The quantitative estimate of drug-likeness (QED) is 0.723. The molecule has 3 atom stereocenters. The molecule has 1 saturated heterocycles. The number of hydrogen-bond donors (Lipinski definition) is 0. The van der Waals surface area contributed by atoms with Crippen molar-refractivity contribution in [3.05, 3.63) is 0 Å². The van der Waals surface area contributed by atoms with E-state index in [1.807, 2.05) is 13.8 Å². The Kier molecular flexibility index (Phi) is 3.56. The maximum Gasteiger partial charge on any atom is 0.164 e. The van der Waals surface area contributed by atoms with Crippen LogP contribution < -0.4 is 0 Å². The molecule has 0 N–H and O–H groups in total. The summed E-state index contributed by atoms with van der Waals surface area (Å²) in [5, 5.41) is 0. The van der Waals surface area contributed by atoms with Crippen LogP contribution in [0.4, 0.5) is 0 Å². The predicted molar refractivity (Wildman–Crippen MR) is 58.5 cm³/mol. The van der Waals surface area contributed by atoms with E-state index in [0.717, 1.165) is 0 Å². The standard InChI is InChI=1S/C12H22O3/c1-7(2)8(3)10-11(9(4)13)15-12(5,6)14-10/h7-8,10-11H,1-6H3/t8-,10+,11+/m0/s1. The van der Waals surface area contributed by atoms with E-state index in [2.05, 4.69) is 20.8 Å². The highest BCUT2D eigenvalue weighted by molar-refractivity contribution is 5.81. The van der Waals surface area contributed by atoms with E-state index >= 15 is 0 Å². The average Bonchev–Trinajstić information content (AvgIpc) is 2.40. The molecule has 1 fully saturated rings. The summed E-state index contributed by atoms with van der Waals surface area (Å²) < 4.78 is 11.4. The number of Topliss-reactive ketones (excluding diaryl/α,β-unsaturated/α-hetero) is 1. The molecule has 0 spiro atoms. The van der Waals surface area contributed by atoms with Crippen molar-refractivity contribution in [1.29, 1.82) is 0 Å². The molecule has 3 heteroatoms. The van der Waals surface area contributed by atoms with Crippen LogP contribution in [0.5, 0.6) is 0 Å². The lowest BCUT2D eigenvalue weighted by Crippen LogP contribution is -2.36. The first-order chi connectivity index (χ1) is 6.74. The molecule has 1 aliphatic heterocycles. The summed E-state index contributed by atoms with van der Waals surface area (Å²) in [4.78, 5) is 11.5. The van der Waals surface area contributed by atoms with Crippen molar-refractivity contribution in [2.45, 2.75) is 59.5 Å². The molecule has 1 heterocycles. The monoisotopic (exact) mass is 214 g/mol. The summed E-state index contributed by atoms with van der Waals surface area (Å²) in [6.07, 6.45) is -0.519. The molecule has 0 saturated carbocycles. The summed E-state index contributed by atoms with van der Waals surface area (Å²) in [5.41, 5.74) is 0. The average molecular weight is 214 g/mol. The van der Waals surface area contributed by atoms with Gasteiger partial charge in [-0.15, -0.1) is 0 Å². The fourth-order valence-corrected chi connectivity index (χ4v) is 1.87. The predicted octanol–water partition coefficient (Wildman–Crippen LogP) is 2.39. The van der Waals surface area contributed by atoms with Gasteiger partial charge in [-0.2, -0.15) is 0 Å². The van der Waals surface area contributed by atoms with Crippen molar-refractivity contribution in [2.24, 2.45) is 11.8 Å². The summed E-state index contributed by atoms with van der Waals surface area (Å²) >= 11 is 0. The largest absolute Gasteiger partial charge is 0.344 e. The molecule has 0 aromatic heterocycles. The van der Waals surface area contributed by atoms with Gasteiger partial charge in [0.2, 0.25) is 0 Å². The lowest BCUT2D eigenvalue weighted by atomic mass is 9.88. The molecule has 0 amide bonds. The smallest absolute Gasteiger partial charge is 0.164 e. The van der Waals surface area contributed by atoms with E-state index in [-0.39, 0.29) is 11.9 Å². The van der Waals surface area contributed by atoms with E-state index in [1.54, 1.807) is 6.92 Å². The molecule has 0 aliphatic carbocycles. The van der Waals surface area contributed by atoms with Crippen molar-refractivity contribution in [3.63, 3.8) is 0 Å². The second-order valence-corrected chi connectivity index (χ2v) is 5.23. The summed E-state index contributed by atoms with van der Waals surface area (Å²) in [6, 6.07) is 0. The third kappa shape index (κ3) is 2.79. The van der Waals surface area contributed by atoms with Gasteiger partial charge in [-0.05, 0) is 32.6 Å². The van der Waals surface area contributed by atoms with Crippen LogP contribution in [0, 0.1) is 11.8 Å². The first-order valence-electron chi connectivity index (χ1n) is 5.60. The highest BCUT2D eigenvalue weighted by atomic mass is 16.8. The fourth-order valence-electron chi connectivity index (χ4n) is 1.87. The molecule has 3 nitrogen and oxygen atoms in total. The van der Waals surface area contributed by atoms with Gasteiger partial charge in [0.15, 0.2) is 11.6 Å². The van der Waals surface area contributed by atoms with Gasteiger partial charge in [-0.3, -0.25) is 4.79 Å². The van der Waals surface area contributed by atoms with Gasteiger partial charge in [0.1, 0.15) is 6.10 Å². The van der Waals surface area contributed by atoms with Crippen molar-refractivity contribution < 1.29 is 14.3 Å². The molecule has 0 aromatic rings. The normalized spacial score (nSPS) is 31.9. The molecule has 1 aliphatic rings. The van der Waals surface area contributed by atoms with Crippen LogP contribution in [-0.4, -0.2) is 23.8 Å². The SMILES string of the molecule is CC(=O)[C@H]1OC(C)(C)O[C@@H]1[C@@H](C)C(C)C. The van der Waals surface area contributed by atoms with Gasteiger partial charge in [-0.25, -0.2) is 0 Å². The molecular formula is C12H22O3. The van der Waals surface area contributed by atoms with E-state index in [9.17, 15) is 4.79 Å². The van der Waals surface area contributed by atoms with Crippen LogP contribution in [0.15, 0.2) is 0 Å². The van der Waals surface area contributed by atoms with Crippen LogP contribution in [0.2, 0.25) is 0 Å². The zero-order valence-corrected chi connectivity index (χ0v) is 10.5. The Bertz CT molecular complexity index is 245. The van der Waals surface area contributed by atoms with Crippen LogP contribution in [0.25, 0.3) is 0 Å². The van der Waals surface area contributed by atoms with Gasteiger partial charge in [0, 0.05) is 0 Å². The second-order valence-electron chi connectivity index (χ2n) is 5.23. The number of rotatable bonds is 3. The lowest BCUT2D eigenvalue weighted by Gasteiger charge is -2.25. The van der Waals surface area contributed by atoms with Crippen molar-refractivity contribution in [1.82, 2.24) is 0 Å². The van der Waals surface area contributed by atoms with Gasteiger partial charge in [-0.1, -0.05) is 20.8 Å². The van der Waals surface area contributed by atoms with Crippen LogP contribution >= 0.6 is 0 Å². The van der Waals surface area contributed by atoms with Crippen molar-refractivity contribution in [3.8, 4) is 0 Å². The summed E-state index contributed by atoms with van der Waals surface area (Å²) in [7, 11) is 0. The zero-order valence-electron chi connectivity index (χ0n) is 10.5. The van der Waals surface area contributed by atoms with Crippen LogP contribution in [0.1, 0.15) is 41.5 Å². The first kappa shape index (κ1) is 12.7. The third-order valence-electron chi connectivity index (χ3n) is 3.10. The van der Waals surface area contributed by atoms with Crippen LogP contribution in [-0.2, 0) is 14.3 Å². The Morgan fingerprint density at radius 1 is 1.20 bits per heavy atom. The molecule has 15 heavy (non-hydrogen) atoms. The number of ketones is 1. The second kappa shape index (κ2) is 4.22. The Morgan fingerprint density at radius 3 is 2.13 bits per heavy atom. The van der Waals surface area contributed by atoms with Gasteiger partial charge in [0.05, 0.1) is 6.10 Å². The van der Waals surface area contributed by atoms with Crippen LogP contribution in [0.3, 0.4) is 0 Å². The summed E-state index contributed by atoms with van der Waals surface area (Å²) in [6.45, 7) is 11.7. The maximum atomic E-state index is 11.5. The van der Waals surface area contributed by atoms with E-state index in [0.29, 0.717) is 11.8 Å². The molecule has 0 radical (unpaired) electrons. The van der Waals surface area contributed by atoms with Gasteiger partial charge < -0.3 is 9.47 Å². The number of hydrogen-bond acceptors (Lipinski definition) is 3. The Balaban J connectivity index is 2.82. The number of carbonyl (C=O) groups excluding carboxylic acids is 1. The van der Waals surface area contributed by atoms with E-state index in [1.165, 1.54) is 0 Å². The highest BCUT2D eigenvalue weighted by Gasteiger charge is 2.46. The molecule has 0 unspecified atom stereocenters. The topological polar surface area (TPSA) is 35.5 Å². The molecular weight excluding hydrogens is 192 g/mol. The Morgan fingerprint density at radius 2 is 1.73 bits per heavy atom. The Labute approximate surface area is 92.1 Å². The minimum absolute atomic E-state index is 0.0538. The van der Waals surface area contributed by atoms with Gasteiger partial charge in [0.25, 0.3) is 0 Å². The van der Waals surface area contributed by atoms with E-state index < -0.39 is 11.9 Å². The zero-order chi connectivity index (χ0) is 11.8. The van der Waals surface area contributed by atoms with Gasteiger partial charge >= 0.3 is 0 Å². The van der Waals surface area contributed by atoms with Crippen molar-refractivity contribution in [2.75, 3.05) is 0 Å². The fraction of sp³-hybridized carbons (Fsp3) is 0.917. The molecule has 0 bridgehead atoms. The third-order valence-corrected chi connectivity index (χ3v) is 3.10. The minimum atomic E-state index is -0.635.